The summed E-state index contributed by atoms with van der Waals surface area (Å²) in [6.45, 7) is 8.83. The monoisotopic (exact) mass is 428 g/mol. The number of fused-ring (bicyclic) bond motifs is 1. The van der Waals surface area contributed by atoms with Crippen molar-refractivity contribution in [3.05, 3.63) is 11.4 Å². The molecule has 0 aromatic carbocycles. The Labute approximate surface area is 172 Å². The van der Waals surface area contributed by atoms with Crippen molar-refractivity contribution < 1.29 is 17.9 Å². The van der Waals surface area contributed by atoms with Crippen molar-refractivity contribution in [3.8, 4) is 0 Å². The first-order valence-corrected chi connectivity index (χ1v) is 11.9. The quantitative estimate of drug-likeness (QED) is 0.633. The minimum atomic E-state index is -3.31. The van der Waals surface area contributed by atoms with Crippen molar-refractivity contribution in [2.24, 2.45) is 5.92 Å². The Kier molecular flexibility index (Phi) is 6.79. The molecule has 1 atom stereocenters. The second-order valence-electron chi connectivity index (χ2n) is 8.34. The molecule has 0 saturated carbocycles. The van der Waals surface area contributed by atoms with Crippen molar-refractivity contribution in [2.75, 3.05) is 25.4 Å². The molecule has 1 spiro atoms. The molecule has 11 heteroatoms. The van der Waals surface area contributed by atoms with Gasteiger partial charge in [-0.15, -0.1) is 5.10 Å². The standard InChI is InChI=1S/C18H32N6O4S/c1-4-9-29(26,27)20-10-15-16-11-28-18(13-24(16)22-21-15)6-8-23(12-18)17(25)19-7-5-14(2)3/h14,20H,4-13H2,1-3H3,(H,19,25). The molecule has 3 rings (SSSR count). The number of rotatable bonds is 8. The highest BCUT2D eigenvalue weighted by atomic mass is 32.2. The molecule has 1 aromatic rings. The number of amides is 2. The normalized spacial score (nSPS) is 21.7. The van der Waals surface area contributed by atoms with E-state index in [0.717, 1.165) is 18.5 Å². The third-order valence-electron chi connectivity index (χ3n) is 5.40. The molecule has 1 aromatic heterocycles. The third kappa shape index (κ3) is 5.46. The van der Waals surface area contributed by atoms with Gasteiger partial charge >= 0.3 is 6.03 Å². The molecule has 10 nitrogen and oxygen atoms in total. The second-order valence-corrected chi connectivity index (χ2v) is 10.3. The predicted molar refractivity (Wildman–Crippen MR) is 108 cm³/mol. The SMILES string of the molecule is CCCS(=O)(=O)NCc1nnn2c1COC1(CCN(C(=O)NCCC(C)C)C1)C2. The topological polar surface area (TPSA) is 118 Å². The summed E-state index contributed by atoms with van der Waals surface area (Å²) in [5.41, 5.74) is 0.908. The van der Waals surface area contributed by atoms with Gasteiger partial charge in [-0.3, -0.25) is 0 Å². The average Bonchev–Trinajstić information content (AvgIpc) is 3.24. The van der Waals surface area contributed by atoms with Gasteiger partial charge in [-0.05, 0) is 25.2 Å². The number of hydrogen-bond donors (Lipinski definition) is 2. The number of carbonyl (C=O) groups is 1. The van der Waals surface area contributed by atoms with Gasteiger partial charge in [0.2, 0.25) is 10.0 Å². The molecule has 29 heavy (non-hydrogen) atoms. The molecular formula is C18H32N6O4S. The maximum absolute atomic E-state index is 12.4. The van der Waals surface area contributed by atoms with Crippen LogP contribution in [0, 0.1) is 5.92 Å². The second kappa shape index (κ2) is 8.97. The lowest BCUT2D eigenvalue weighted by Crippen LogP contribution is -2.47. The van der Waals surface area contributed by atoms with E-state index in [0.29, 0.717) is 50.8 Å². The van der Waals surface area contributed by atoms with Gasteiger partial charge in [0.05, 0.1) is 37.7 Å². The van der Waals surface area contributed by atoms with Crippen molar-refractivity contribution in [3.63, 3.8) is 0 Å². The van der Waals surface area contributed by atoms with Crippen LogP contribution in [-0.4, -0.2) is 65.3 Å². The zero-order valence-electron chi connectivity index (χ0n) is 17.5. The largest absolute Gasteiger partial charge is 0.365 e. The molecule has 1 saturated heterocycles. The molecule has 2 N–H and O–H groups in total. The van der Waals surface area contributed by atoms with Crippen molar-refractivity contribution in [1.29, 1.82) is 0 Å². The molecule has 2 amide bonds. The number of urea groups is 1. The van der Waals surface area contributed by atoms with E-state index in [9.17, 15) is 13.2 Å². The van der Waals surface area contributed by atoms with Gasteiger partial charge in [0, 0.05) is 13.1 Å². The van der Waals surface area contributed by atoms with Gasteiger partial charge in [0.25, 0.3) is 0 Å². The number of aromatic nitrogens is 3. The van der Waals surface area contributed by atoms with Crippen molar-refractivity contribution in [1.82, 2.24) is 29.9 Å². The fourth-order valence-electron chi connectivity index (χ4n) is 3.69. The van der Waals surface area contributed by atoms with Gasteiger partial charge in [0.1, 0.15) is 11.3 Å². The fourth-order valence-corrected chi connectivity index (χ4v) is 4.73. The molecular weight excluding hydrogens is 396 g/mol. The van der Waals surface area contributed by atoms with E-state index >= 15 is 0 Å². The first-order valence-electron chi connectivity index (χ1n) is 10.3. The summed E-state index contributed by atoms with van der Waals surface area (Å²) in [6, 6.07) is -0.0541. The van der Waals surface area contributed by atoms with Crippen LogP contribution in [0.15, 0.2) is 0 Å². The van der Waals surface area contributed by atoms with E-state index in [1.165, 1.54) is 0 Å². The first kappa shape index (κ1) is 22.0. The van der Waals surface area contributed by atoms with Crippen LogP contribution in [-0.2, 0) is 34.5 Å². The average molecular weight is 429 g/mol. The van der Waals surface area contributed by atoms with Crippen molar-refractivity contribution in [2.45, 2.75) is 65.3 Å². The van der Waals surface area contributed by atoms with E-state index in [2.05, 4.69) is 34.2 Å². The molecule has 2 aliphatic rings. The highest BCUT2D eigenvalue weighted by Gasteiger charge is 2.44. The molecule has 2 aliphatic heterocycles. The van der Waals surface area contributed by atoms with Gasteiger partial charge in [-0.1, -0.05) is 26.0 Å². The summed E-state index contributed by atoms with van der Waals surface area (Å²) in [5, 5.41) is 11.3. The number of nitrogens with one attached hydrogen (secondary N) is 2. The Balaban J connectivity index is 1.56. The number of nitrogens with zero attached hydrogens (tertiary/aromatic N) is 4. The summed E-state index contributed by atoms with van der Waals surface area (Å²) >= 11 is 0. The highest BCUT2D eigenvalue weighted by molar-refractivity contribution is 7.89. The number of carbonyl (C=O) groups excluding carboxylic acids is 1. The van der Waals surface area contributed by atoms with Crippen LogP contribution in [0.4, 0.5) is 4.79 Å². The van der Waals surface area contributed by atoms with Crippen LogP contribution in [0.1, 0.15) is 51.4 Å². The molecule has 164 valence electrons. The van der Waals surface area contributed by atoms with Crippen molar-refractivity contribution >= 4 is 16.1 Å². The maximum Gasteiger partial charge on any atom is 0.317 e. The Morgan fingerprint density at radius 1 is 1.34 bits per heavy atom. The Bertz CT molecular complexity index is 824. The van der Waals surface area contributed by atoms with Gasteiger partial charge < -0.3 is 15.0 Å². The summed E-state index contributed by atoms with van der Waals surface area (Å²) in [5.74, 6) is 0.638. The predicted octanol–water partition coefficient (Wildman–Crippen LogP) is 0.838. The molecule has 1 fully saturated rings. The zero-order chi connectivity index (χ0) is 21.1. The Morgan fingerprint density at radius 2 is 2.14 bits per heavy atom. The highest BCUT2D eigenvalue weighted by Crippen LogP contribution is 2.32. The lowest BCUT2D eigenvalue weighted by atomic mass is 10.0. The summed E-state index contributed by atoms with van der Waals surface area (Å²) in [4.78, 5) is 14.2. The Hall–Kier alpha value is -1.72. The zero-order valence-corrected chi connectivity index (χ0v) is 18.3. The third-order valence-corrected chi connectivity index (χ3v) is 6.93. The molecule has 0 aliphatic carbocycles. The van der Waals surface area contributed by atoms with Gasteiger partial charge in [0.15, 0.2) is 0 Å². The smallest absolute Gasteiger partial charge is 0.317 e. The number of hydrogen-bond acceptors (Lipinski definition) is 6. The van der Waals surface area contributed by atoms with Crippen LogP contribution < -0.4 is 10.0 Å². The van der Waals surface area contributed by atoms with Crippen LogP contribution in [0.2, 0.25) is 0 Å². The lowest BCUT2D eigenvalue weighted by Gasteiger charge is -2.33. The van der Waals surface area contributed by atoms with Gasteiger partial charge in [-0.2, -0.15) is 0 Å². The van der Waals surface area contributed by atoms with E-state index in [-0.39, 0.29) is 18.3 Å². The Morgan fingerprint density at radius 3 is 2.86 bits per heavy atom. The first-order chi connectivity index (χ1) is 13.7. The maximum atomic E-state index is 12.4. The lowest BCUT2D eigenvalue weighted by molar-refractivity contribution is -0.0824. The molecule has 0 bridgehead atoms. The molecule has 0 radical (unpaired) electrons. The van der Waals surface area contributed by atoms with E-state index < -0.39 is 15.6 Å². The van der Waals surface area contributed by atoms with E-state index in [1.54, 1.807) is 9.58 Å². The van der Waals surface area contributed by atoms with E-state index in [1.807, 2.05) is 6.92 Å². The molecule has 1 unspecified atom stereocenters. The number of sulfonamides is 1. The van der Waals surface area contributed by atoms with Crippen LogP contribution in [0.3, 0.4) is 0 Å². The van der Waals surface area contributed by atoms with E-state index in [4.69, 9.17) is 4.74 Å². The minimum Gasteiger partial charge on any atom is -0.365 e. The van der Waals surface area contributed by atoms with Crippen LogP contribution in [0.5, 0.6) is 0 Å². The number of ether oxygens (including phenoxy) is 1. The minimum absolute atomic E-state index is 0.0541. The van der Waals surface area contributed by atoms with Gasteiger partial charge in [-0.25, -0.2) is 22.6 Å². The summed E-state index contributed by atoms with van der Waals surface area (Å²) in [6.07, 6.45) is 2.25. The summed E-state index contributed by atoms with van der Waals surface area (Å²) < 4.78 is 34.2. The molecule has 3 heterocycles. The van der Waals surface area contributed by atoms with Crippen LogP contribution in [0.25, 0.3) is 0 Å². The fraction of sp³-hybridized carbons (Fsp3) is 0.833. The summed E-state index contributed by atoms with van der Waals surface area (Å²) in [7, 11) is -3.31. The number of likely N-dealkylation sites (tertiary alicyclic amines) is 1. The van der Waals surface area contributed by atoms with Crippen LogP contribution >= 0.6 is 0 Å².